The molecule has 2 N–H and O–H groups in total. The van der Waals surface area contributed by atoms with Crippen molar-refractivity contribution in [3.8, 4) is 17.2 Å². The van der Waals surface area contributed by atoms with Gasteiger partial charge in [0.1, 0.15) is 0 Å². The Morgan fingerprint density at radius 3 is 2.23 bits per heavy atom. The second-order valence-corrected chi connectivity index (χ2v) is 7.80. The molecule has 1 aromatic heterocycles. The molecule has 1 aliphatic carbocycles. The highest BCUT2D eigenvalue weighted by Crippen LogP contribution is 2.42. The van der Waals surface area contributed by atoms with E-state index in [4.69, 9.17) is 5.26 Å². The molecule has 4 rings (SSSR count). The first-order valence-corrected chi connectivity index (χ1v) is 10.1. The first-order valence-electron chi connectivity index (χ1n) is 10.1. The molecule has 30 heavy (non-hydrogen) atoms. The molecule has 1 heterocycles. The van der Waals surface area contributed by atoms with E-state index in [2.05, 4.69) is 28.5 Å². The van der Waals surface area contributed by atoms with Gasteiger partial charge in [-0.15, -0.1) is 0 Å². The molecule has 0 aliphatic heterocycles. The summed E-state index contributed by atoms with van der Waals surface area (Å²) in [6.45, 7) is 1.70. The quantitative estimate of drug-likeness (QED) is 0.664. The Bertz CT molecular complexity index is 1080. The maximum absolute atomic E-state index is 12.8. The summed E-state index contributed by atoms with van der Waals surface area (Å²) in [4.78, 5) is 17.1. The smallest absolute Gasteiger partial charge is 0.251 e. The van der Waals surface area contributed by atoms with Gasteiger partial charge in [0.25, 0.3) is 5.91 Å². The van der Waals surface area contributed by atoms with Gasteiger partial charge in [-0.2, -0.15) is 5.26 Å². The van der Waals surface area contributed by atoms with Crippen molar-refractivity contribution in [1.82, 2.24) is 10.3 Å². The molecule has 1 atom stereocenters. The van der Waals surface area contributed by atoms with E-state index in [0.717, 1.165) is 36.0 Å². The van der Waals surface area contributed by atoms with Crippen molar-refractivity contribution < 1.29 is 9.90 Å². The summed E-state index contributed by atoms with van der Waals surface area (Å²) in [7, 11) is 0. The van der Waals surface area contributed by atoms with Gasteiger partial charge in [0.2, 0.25) is 0 Å². The third-order valence-electron chi connectivity index (χ3n) is 5.82. The summed E-state index contributed by atoms with van der Waals surface area (Å²) in [5, 5.41) is 21.8. The average molecular weight is 397 g/mol. The lowest BCUT2D eigenvalue weighted by Gasteiger charge is -2.43. The lowest BCUT2D eigenvalue weighted by molar-refractivity contribution is 0.0823. The number of aliphatic hydroxyl groups excluding tert-OH is 1. The molecule has 1 unspecified atom stereocenters. The number of amides is 1. The van der Waals surface area contributed by atoms with Crippen molar-refractivity contribution in [3.05, 3.63) is 89.2 Å². The third-order valence-corrected chi connectivity index (χ3v) is 5.82. The Morgan fingerprint density at radius 2 is 1.73 bits per heavy atom. The van der Waals surface area contributed by atoms with Gasteiger partial charge in [-0.05, 0) is 67.6 Å². The van der Waals surface area contributed by atoms with Gasteiger partial charge in [0.05, 0.1) is 29.0 Å². The van der Waals surface area contributed by atoms with Gasteiger partial charge in [-0.3, -0.25) is 9.78 Å². The molecule has 0 radical (unpaired) electrons. The van der Waals surface area contributed by atoms with Crippen molar-refractivity contribution in [2.24, 2.45) is 0 Å². The Kier molecular flexibility index (Phi) is 5.35. The van der Waals surface area contributed by atoms with E-state index in [-0.39, 0.29) is 11.4 Å². The molecule has 1 aliphatic rings. The summed E-state index contributed by atoms with van der Waals surface area (Å²) in [6, 6.07) is 20.8. The fourth-order valence-electron chi connectivity index (χ4n) is 3.81. The molecule has 5 heteroatoms. The lowest BCUT2D eigenvalue weighted by atomic mass is 9.71. The predicted octanol–water partition coefficient (Wildman–Crippen LogP) is 4.48. The van der Waals surface area contributed by atoms with E-state index in [9.17, 15) is 9.90 Å². The Morgan fingerprint density at radius 1 is 1.07 bits per heavy atom. The number of aromatic nitrogens is 1. The highest BCUT2D eigenvalue weighted by atomic mass is 16.3. The fraction of sp³-hybridized carbons (Fsp3) is 0.240. The predicted molar refractivity (Wildman–Crippen MR) is 114 cm³/mol. The fourth-order valence-corrected chi connectivity index (χ4v) is 3.81. The van der Waals surface area contributed by atoms with Gasteiger partial charge < -0.3 is 10.4 Å². The number of pyridine rings is 1. The zero-order valence-electron chi connectivity index (χ0n) is 16.8. The molecule has 0 saturated heterocycles. The minimum absolute atomic E-state index is 0.124. The van der Waals surface area contributed by atoms with Crippen molar-refractivity contribution in [3.63, 3.8) is 0 Å². The van der Waals surface area contributed by atoms with Gasteiger partial charge in [-0.25, -0.2) is 0 Å². The summed E-state index contributed by atoms with van der Waals surface area (Å²) >= 11 is 0. The summed E-state index contributed by atoms with van der Waals surface area (Å²) < 4.78 is 0. The van der Waals surface area contributed by atoms with Crippen molar-refractivity contribution in [2.45, 2.75) is 37.8 Å². The zero-order chi connectivity index (χ0) is 21.1. The molecular weight excluding hydrogens is 374 g/mol. The van der Waals surface area contributed by atoms with E-state index in [1.807, 2.05) is 24.3 Å². The third kappa shape index (κ3) is 3.83. The molecule has 3 aromatic rings. The topological polar surface area (TPSA) is 86.0 Å². The van der Waals surface area contributed by atoms with Crippen LogP contribution in [0.3, 0.4) is 0 Å². The number of nitrogens with zero attached hydrogens (tertiary/aromatic N) is 2. The van der Waals surface area contributed by atoms with Crippen LogP contribution in [0.15, 0.2) is 66.9 Å². The maximum Gasteiger partial charge on any atom is 0.251 e. The second-order valence-electron chi connectivity index (χ2n) is 7.80. The number of nitriles is 1. The van der Waals surface area contributed by atoms with Crippen LogP contribution in [0.5, 0.6) is 0 Å². The maximum atomic E-state index is 12.8. The van der Waals surface area contributed by atoms with E-state index >= 15 is 0 Å². The lowest BCUT2D eigenvalue weighted by Crippen LogP contribution is -2.50. The number of hydrogen-bond acceptors (Lipinski definition) is 4. The number of benzene rings is 2. The van der Waals surface area contributed by atoms with Crippen LogP contribution in [0, 0.1) is 11.3 Å². The molecule has 1 amide bonds. The SMILES string of the molecule is CC(O)c1ccc(-c2ccc(C3(NC(=O)c4ccc(C#N)cc4)CCC3)cc2)cn1. The van der Waals surface area contributed by atoms with Crippen LogP contribution in [0.2, 0.25) is 0 Å². The van der Waals surface area contributed by atoms with Crippen LogP contribution in [0.4, 0.5) is 0 Å². The number of aliphatic hydroxyl groups is 1. The number of rotatable bonds is 5. The number of hydrogen-bond donors (Lipinski definition) is 2. The minimum atomic E-state index is -0.584. The van der Waals surface area contributed by atoms with Crippen LogP contribution < -0.4 is 5.32 Å². The van der Waals surface area contributed by atoms with E-state index < -0.39 is 6.10 Å². The van der Waals surface area contributed by atoms with Crippen LogP contribution >= 0.6 is 0 Å². The summed E-state index contributed by atoms with van der Waals surface area (Å²) in [5.41, 5.74) is 4.50. The van der Waals surface area contributed by atoms with E-state index in [1.165, 1.54) is 0 Å². The highest BCUT2D eigenvalue weighted by Gasteiger charge is 2.40. The monoisotopic (exact) mass is 397 g/mol. The molecule has 1 saturated carbocycles. The normalized spacial score (nSPS) is 15.5. The summed E-state index contributed by atoms with van der Waals surface area (Å²) in [6.07, 6.45) is 4.06. The van der Waals surface area contributed by atoms with Gasteiger partial charge in [0.15, 0.2) is 0 Å². The van der Waals surface area contributed by atoms with Crippen LogP contribution in [-0.4, -0.2) is 16.0 Å². The summed E-state index contributed by atoms with van der Waals surface area (Å²) in [5.74, 6) is -0.124. The number of carbonyl (C=O) groups is 1. The first-order chi connectivity index (χ1) is 14.5. The molecule has 5 nitrogen and oxygen atoms in total. The molecule has 0 bridgehead atoms. The molecule has 150 valence electrons. The first kappa shape index (κ1) is 19.8. The van der Waals surface area contributed by atoms with E-state index in [0.29, 0.717) is 16.8 Å². The van der Waals surface area contributed by atoms with Crippen molar-refractivity contribution >= 4 is 5.91 Å². The minimum Gasteiger partial charge on any atom is -0.387 e. The molecular formula is C25H23N3O2. The van der Waals surface area contributed by atoms with Gasteiger partial charge in [-0.1, -0.05) is 30.3 Å². The zero-order valence-corrected chi connectivity index (χ0v) is 16.8. The van der Waals surface area contributed by atoms with Crippen LogP contribution in [0.1, 0.15) is 59.5 Å². The molecule has 1 fully saturated rings. The molecule has 2 aromatic carbocycles. The largest absolute Gasteiger partial charge is 0.387 e. The van der Waals surface area contributed by atoms with E-state index in [1.54, 1.807) is 37.4 Å². The standard InChI is InChI=1S/C25H23N3O2/c1-17(29)23-12-9-21(16-27-23)19-7-10-22(11-8-19)25(13-2-14-25)28-24(30)20-5-3-18(15-26)4-6-20/h3-12,16-17,29H,2,13-14H2,1H3,(H,28,30). The number of nitrogens with one attached hydrogen (secondary N) is 1. The number of carbonyl (C=O) groups excluding carboxylic acids is 1. The van der Waals surface area contributed by atoms with Gasteiger partial charge >= 0.3 is 0 Å². The second kappa shape index (κ2) is 8.10. The van der Waals surface area contributed by atoms with Crippen LogP contribution in [-0.2, 0) is 5.54 Å². The Balaban J connectivity index is 1.52. The van der Waals surface area contributed by atoms with Crippen molar-refractivity contribution in [1.29, 1.82) is 5.26 Å². The highest BCUT2D eigenvalue weighted by molar-refractivity contribution is 5.95. The Hall–Kier alpha value is -3.49. The van der Waals surface area contributed by atoms with Gasteiger partial charge in [0, 0.05) is 17.3 Å². The van der Waals surface area contributed by atoms with Crippen LogP contribution in [0.25, 0.3) is 11.1 Å². The Labute approximate surface area is 176 Å². The molecule has 0 spiro atoms. The van der Waals surface area contributed by atoms with Crippen molar-refractivity contribution in [2.75, 3.05) is 0 Å². The average Bonchev–Trinajstić information content (AvgIpc) is 2.76.